The maximum atomic E-state index is 13.0. The van der Waals surface area contributed by atoms with Crippen LogP contribution >= 0.6 is 0 Å². The number of likely N-dealkylation sites (tertiary alicyclic amines) is 1. The molecular weight excluding hydrogens is 317 g/mol. The predicted molar refractivity (Wildman–Crippen MR) is 102 cm³/mol. The molecule has 1 aromatic rings. The van der Waals surface area contributed by atoms with Crippen molar-refractivity contribution in [1.29, 1.82) is 0 Å². The predicted octanol–water partition coefficient (Wildman–Crippen LogP) is 1.99. The third-order valence-corrected chi connectivity index (χ3v) is 5.13. The maximum absolute atomic E-state index is 13.0. The molecule has 5 nitrogen and oxygen atoms in total. The highest BCUT2D eigenvalue weighted by Gasteiger charge is 2.19. The lowest BCUT2D eigenvalue weighted by Gasteiger charge is -2.36. The van der Waals surface area contributed by atoms with Crippen molar-refractivity contribution >= 4 is 11.6 Å². The van der Waals surface area contributed by atoms with Crippen molar-refractivity contribution in [3.8, 4) is 0 Å². The zero-order valence-electron chi connectivity index (χ0n) is 15.2. The first-order valence-electron chi connectivity index (χ1n) is 9.39. The smallest absolute Gasteiger partial charge is 0.191 e. The van der Waals surface area contributed by atoms with Crippen LogP contribution in [-0.4, -0.2) is 68.1 Å². The third kappa shape index (κ3) is 5.08. The first-order chi connectivity index (χ1) is 12.1. The molecule has 138 valence electrons. The Morgan fingerprint density at radius 2 is 1.72 bits per heavy atom. The Labute approximate surface area is 150 Å². The minimum Gasteiger partial charge on any atom is -0.370 e. The molecule has 0 spiro atoms. The van der Waals surface area contributed by atoms with E-state index < -0.39 is 0 Å². The topological polar surface area (TPSA) is 48.1 Å². The van der Waals surface area contributed by atoms with Crippen LogP contribution < -0.4 is 10.6 Å². The Hall–Kier alpha value is -1.82. The molecule has 0 saturated carbocycles. The molecule has 2 aliphatic heterocycles. The lowest BCUT2D eigenvalue weighted by molar-refractivity contribution is 0.291. The maximum Gasteiger partial charge on any atom is 0.191 e. The molecule has 0 amide bonds. The molecule has 2 fully saturated rings. The molecule has 2 heterocycles. The molecule has 2 saturated heterocycles. The SMILES string of the molecule is CC(CN=C(N)N1CCN(c2ccc(F)cc2)CC1)CN1CCCC1. The number of aliphatic imine (C=N–C) groups is 1. The summed E-state index contributed by atoms with van der Waals surface area (Å²) in [6, 6.07) is 6.70. The average molecular weight is 347 g/mol. The monoisotopic (exact) mass is 347 g/mol. The van der Waals surface area contributed by atoms with Crippen LogP contribution in [-0.2, 0) is 0 Å². The molecule has 2 N–H and O–H groups in total. The number of nitrogens with two attached hydrogens (primary N) is 1. The molecule has 0 bridgehead atoms. The van der Waals surface area contributed by atoms with Crippen LogP contribution in [0.1, 0.15) is 19.8 Å². The molecule has 3 rings (SSSR count). The largest absolute Gasteiger partial charge is 0.370 e. The van der Waals surface area contributed by atoms with Crippen LogP contribution in [0.2, 0.25) is 0 Å². The van der Waals surface area contributed by atoms with Crippen molar-refractivity contribution < 1.29 is 4.39 Å². The summed E-state index contributed by atoms with van der Waals surface area (Å²) in [5.41, 5.74) is 7.27. The average Bonchev–Trinajstić information content (AvgIpc) is 3.13. The number of nitrogens with zero attached hydrogens (tertiary/aromatic N) is 4. The highest BCUT2D eigenvalue weighted by atomic mass is 19.1. The lowest BCUT2D eigenvalue weighted by atomic mass is 10.2. The summed E-state index contributed by atoms with van der Waals surface area (Å²) < 4.78 is 13.0. The fraction of sp³-hybridized carbons (Fsp3) is 0.632. The first kappa shape index (κ1) is 18.0. The number of hydrogen-bond donors (Lipinski definition) is 1. The Balaban J connectivity index is 1.44. The number of piperazine rings is 1. The Morgan fingerprint density at radius 3 is 2.36 bits per heavy atom. The summed E-state index contributed by atoms with van der Waals surface area (Å²) >= 11 is 0. The molecule has 0 radical (unpaired) electrons. The fourth-order valence-corrected chi connectivity index (χ4v) is 3.66. The van der Waals surface area contributed by atoms with Crippen LogP contribution in [0.4, 0.5) is 10.1 Å². The summed E-state index contributed by atoms with van der Waals surface area (Å²) in [4.78, 5) is 11.6. The van der Waals surface area contributed by atoms with Gasteiger partial charge in [0.15, 0.2) is 5.96 Å². The van der Waals surface area contributed by atoms with Gasteiger partial charge in [-0.15, -0.1) is 0 Å². The van der Waals surface area contributed by atoms with Gasteiger partial charge in [0.05, 0.1) is 0 Å². The van der Waals surface area contributed by atoms with E-state index in [1.54, 1.807) is 0 Å². The number of benzene rings is 1. The molecule has 1 aromatic carbocycles. The van der Waals surface area contributed by atoms with E-state index in [1.165, 1.54) is 38.1 Å². The second-order valence-corrected chi connectivity index (χ2v) is 7.26. The van der Waals surface area contributed by atoms with Gasteiger partial charge in [-0.3, -0.25) is 4.99 Å². The molecular formula is C19H30FN5. The van der Waals surface area contributed by atoms with Crippen molar-refractivity contribution in [2.75, 3.05) is 57.3 Å². The van der Waals surface area contributed by atoms with Gasteiger partial charge < -0.3 is 20.4 Å². The normalized spacial score (nSPS) is 21.0. The van der Waals surface area contributed by atoms with Gasteiger partial charge in [0.1, 0.15) is 5.82 Å². The van der Waals surface area contributed by atoms with E-state index in [0.29, 0.717) is 11.9 Å². The van der Waals surface area contributed by atoms with Crippen LogP contribution in [0.25, 0.3) is 0 Å². The number of guanidine groups is 1. The van der Waals surface area contributed by atoms with E-state index in [2.05, 4.69) is 26.6 Å². The van der Waals surface area contributed by atoms with Gasteiger partial charge >= 0.3 is 0 Å². The summed E-state index contributed by atoms with van der Waals surface area (Å²) in [6.07, 6.45) is 2.66. The van der Waals surface area contributed by atoms with Gasteiger partial charge in [0.2, 0.25) is 0 Å². The van der Waals surface area contributed by atoms with Crippen molar-refractivity contribution in [2.45, 2.75) is 19.8 Å². The van der Waals surface area contributed by atoms with E-state index >= 15 is 0 Å². The zero-order valence-corrected chi connectivity index (χ0v) is 15.2. The van der Waals surface area contributed by atoms with Crippen molar-refractivity contribution in [3.63, 3.8) is 0 Å². The van der Waals surface area contributed by atoms with Crippen LogP contribution in [0.5, 0.6) is 0 Å². The fourth-order valence-electron chi connectivity index (χ4n) is 3.66. The minimum atomic E-state index is -0.193. The summed E-state index contributed by atoms with van der Waals surface area (Å²) in [5.74, 6) is 1.01. The summed E-state index contributed by atoms with van der Waals surface area (Å²) in [5, 5.41) is 0. The van der Waals surface area contributed by atoms with Gasteiger partial charge in [-0.1, -0.05) is 6.92 Å². The molecule has 6 heteroatoms. The van der Waals surface area contributed by atoms with Gasteiger partial charge in [-0.25, -0.2) is 4.39 Å². The third-order valence-electron chi connectivity index (χ3n) is 5.13. The van der Waals surface area contributed by atoms with Crippen LogP contribution in [0.15, 0.2) is 29.3 Å². The minimum absolute atomic E-state index is 0.193. The second kappa shape index (κ2) is 8.52. The number of halogens is 1. The van der Waals surface area contributed by atoms with E-state index in [0.717, 1.165) is 45.0 Å². The zero-order chi connectivity index (χ0) is 17.6. The molecule has 0 aliphatic carbocycles. The van der Waals surface area contributed by atoms with Gasteiger partial charge in [-0.05, 0) is 56.1 Å². The number of anilines is 1. The highest BCUT2D eigenvalue weighted by molar-refractivity contribution is 5.78. The summed E-state index contributed by atoms with van der Waals surface area (Å²) in [7, 11) is 0. The Kier molecular flexibility index (Phi) is 6.13. The lowest BCUT2D eigenvalue weighted by Crippen LogP contribution is -2.51. The van der Waals surface area contributed by atoms with E-state index in [1.807, 2.05) is 12.1 Å². The second-order valence-electron chi connectivity index (χ2n) is 7.26. The van der Waals surface area contributed by atoms with Crippen LogP contribution in [0, 0.1) is 11.7 Å². The van der Waals surface area contributed by atoms with Crippen molar-refractivity contribution in [1.82, 2.24) is 9.80 Å². The Bertz CT molecular complexity index is 560. The van der Waals surface area contributed by atoms with Gasteiger partial charge in [0.25, 0.3) is 0 Å². The first-order valence-corrected chi connectivity index (χ1v) is 9.39. The molecule has 0 aromatic heterocycles. The molecule has 1 unspecified atom stereocenters. The summed E-state index contributed by atoms with van der Waals surface area (Å²) in [6.45, 7) is 10.1. The van der Waals surface area contributed by atoms with E-state index in [-0.39, 0.29) is 5.82 Å². The van der Waals surface area contributed by atoms with Crippen molar-refractivity contribution in [2.24, 2.45) is 16.6 Å². The number of rotatable bonds is 5. The van der Waals surface area contributed by atoms with E-state index in [9.17, 15) is 4.39 Å². The highest BCUT2D eigenvalue weighted by Crippen LogP contribution is 2.17. The van der Waals surface area contributed by atoms with Gasteiger partial charge in [0, 0.05) is 45.0 Å². The van der Waals surface area contributed by atoms with Crippen molar-refractivity contribution in [3.05, 3.63) is 30.1 Å². The molecule has 25 heavy (non-hydrogen) atoms. The molecule has 1 atom stereocenters. The molecule has 2 aliphatic rings. The van der Waals surface area contributed by atoms with Crippen LogP contribution in [0.3, 0.4) is 0 Å². The number of hydrogen-bond acceptors (Lipinski definition) is 3. The van der Waals surface area contributed by atoms with E-state index in [4.69, 9.17) is 5.73 Å². The Morgan fingerprint density at radius 1 is 1.08 bits per heavy atom. The van der Waals surface area contributed by atoms with Gasteiger partial charge in [-0.2, -0.15) is 0 Å². The quantitative estimate of drug-likeness (QED) is 0.654. The standard InChI is InChI=1S/C19H30FN5/c1-16(15-23-8-2-3-9-23)14-22-19(21)25-12-10-24(11-13-25)18-6-4-17(20)5-7-18/h4-7,16H,2-3,8-15H2,1H3,(H2,21,22).